The lowest BCUT2D eigenvalue weighted by molar-refractivity contribution is -0.161. The Morgan fingerprint density at radius 2 is 1.88 bits per heavy atom. The minimum Gasteiger partial charge on any atom is -0.481 e. The monoisotopic (exact) mass is 349 g/mol. The summed E-state index contributed by atoms with van der Waals surface area (Å²) >= 11 is 0. The van der Waals surface area contributed by atoms with Gasteiger partial charge in [0.25, 0.3) is 0 Å². The SMILES string of the molecule is COc1ccc(NC(=O)N2CCC(C(=O)OC(C)(C)C)CC2)c(C)n1. The number of ether oxygens (including phenoxy) is 2. The Bertz CT molecular complexity index is 632. The Kier molecular flexibility index (Phi) is 5.87. The van der Waals surface area contributed by atoms with Gasteiger partial charge in [0.15, 0.2) is 0 Å². The highest BCUT2D eigenvalue weighted by atomic mass is 16.6. The molecule has 0 radical (unpaired) electrons. The third-order valence-corrected chi connectivity index (χ3v) is 4.03. The molecule has 0 spiro atoms. The van der Waals surface area contributed by atoms with Gasteiger partial charge in [-0.1, -0.05) is 0 Å². The third-order valence-electron chi connectivity index (χ3n) is 4.03. The molecule has 1 aliphatic rings. The molecule has 1 fully saturated rings. The normalized spacial score (nSPS) is 15.6. The number of aromatic nitrogens is 1. The molecule has 1 aromatic rings. The van der Waals surface area contributed by atoms with Crippen LogP contribution in [0.15, 0.2) is 12.1 Å². The molecule has 138 valence electrons. The van der Waals surface area contributed by atoms with E-state index in [0.717, 1.165) is 0 Å². The number of nitrogens with one attached hydrogen (secondary N) is 1. The molecule has 0 unspecified atom stereocenters. The fourth-order valence-corrected chi connectivity index (χ4v) is 2.68. The lowest BCUT2D eigenvalue weighted by Crippen LogP contribution is -2.43. The summed E-state index contributed by atoms with van der Waals surface area (Å²) in [6.07, 6.45) is 1.23. The maximum Gasteiger partial charge on any atom is 0.321 e. The van der Waals surface area contributed by atoms with Gasteiger partial charge < -0.3 is 19.7 Å². The molecule has 0 atom stereocenters. The molecule has 0 aromatic carbocycles. The summed E-state index contributed by atoms with van der Waals surface area (Å²) in [6.45, 7) is 8.44. The van der Waals surface area contributed by atoms with Crippen molar-refractivity contribution in [2.45, 2.75) is 46.1 Å². The fourth-order valence-electron chi connectivity index (χ4n) is 2.68. The number of aryl methyl sites for hydroxylation is 1. The van der Waals surface area contributed by atoms with Gasteiger partial charge in [0.1, 0.15) is 5.60 Å². The molecule has 2 amide bonds. The van der Waals surface area contributed by atoms with Crippen LogP contribution in [0, 0.1) is 12.8 Å². The molecule has 0 aliphatic carbocycles. The van der Waals surface area contributed by atoms with Crippen molar-refractivity contribution in [3.63, 3.8) is 0 Å². The number of rotatable bonds is 3. The molecule has 7 nitrogen and oxygen atoms in total. The van der Waals surface area contributed by atoms with Gasteiger partial charge in [-0.15, -0.1) is 0 Å². The van der Waals surface area contributed by atoms with E-state index in [1.54, 1.807) is 24.1 Å². The first-order valence-corrected chi connectivity index (χ1v) is 8.50. The molecule has 2 rings (SSSR count). The first-order chi connectivity index (χ1) is 11.7. The predicted octanol–water partition coefficient (Wildman–Crippen LogP) is 2.98. The van der Waals surface area contributed by atoms with Crippen molar-refractivity contribution in [1.29, 1.82) is 0 Å². The summed E-state index contributed by atoms with van der Waals surface area (Å²) in [5, 5.41) is 2.87. The van der Waals surface area contributed by atoms with Crippen molar-refractivity contribution < 1.29 is 19.1 Å². The average Bonchev–Trinajstić information content (AvgIpc) is 2.55. The van der Waals surface area contributed by atoms with Crippen LogP contribution in [-0.4, -0.2) is 47.7 Å². The summed E-state index contributed by atoms with van der Waals surface area (Å²) in [5.74, 6) is 0.184. The number of carbonyl (C=O) groups excluding carboxylic acids is 2. The van der Waals surface area contributed by atoms with E-state index in [1.165, 1.54) is 0 Å². The van der Waals surface area contributed by atoms with E-state index in [2.05, 4.69) is 10.3 Å². The number of nitrogens with zero attached hydrogens (tertiary/aromatic N) is 2. The average molecular weight is 349 g/mol. The van der Waals surface area contributed by atoms with Crippen LogP contribution in [0.4, 0.5) is 10.5 Å². The number of methoxy groups -OCH3 is 1. The van der Waals surface area contributed by atoms with Gasteiger partial charge in [-0.25, -0.2) is 9.78 Å². The molecule has 2 heterocycles. The predicted molar refractivity (Wildman–Crippen MR) is 94.7 cm³/mol. The molecular formula is C18H27N3O4. The molecule has 25 heavy (non-hydrogen) atoms. The van der Waals surface area contributed by atoms with Crippen molar-refractivity contribution in [3.8, 4) is 5.88 Å². The number of carbonyl (C=O) groups is 2. The number of anilines is 1. The zero-order valence-corrected chi connectivity index (χ0v) is 15.6. The van der Waals surface area contributed by atoms with E-state index < -0.39 is 5.60 Å². The van der Waals surface area contributed by atoms with E-state index >= 15 is 0 Å². The summed E-state index contributed by atoms with van der Waals surface area (Å²) in [6, 6.07) is 3.29. The number of piperidine rings is 1. The van der Waals surface area contributed by atoms with Gasteiger partial charge in [0.05, 0.1) is 24.4 Å². The van der Waals surface area contributed by atoms with Crippen LogP contribution in [0.1, 0.15) is 39.3 Å². The lowest BCUT2D eigenvalue weighted by Gasteiger charge is -2.32. The topological polar surface area (TPSA) is 80.8 Å². The Morgan fingerprint density at radius 1 is 1.24 bits per heavy atom. The molecule has 7 heteroatoms. The number of likely N-dealkylation sites (tertiary alicyclic amines) is 1. The van der Waals surface area contributed by atoms with Gasteiger partial charge in [0, 0.05) is 19.2 Å². The van der Waals surface area contributed by atoms with Gasteiger partial charge in [-0.05, 0) is 46.6 Å². The molecular weight excluding hydrogens is 322 g/mol. The Hall–Kier alpha value is -2.31. The number of hydrogen-bond acceptors (Lipinski definition) is 5. The van der Waals surface area contributed by atoms with Gasteiger partial charge in [-0.3, -0.25) is 4.79 Å². The van der Waals surface area contributed by atoms with E-state index in [4.69, 9.17) is 9.47 Å². The highest BCUT2D eigenvalue weighted by molar-refractivity contribution is 5.90. The van der Waals surface area contributed by atoms with Gasteiger partial charge in [-0.2, -0.15) is 0 Å². The van der Waals surface area contributed by atoms with Crippen LogP contribution in [0.2, 0.25) is 0 Å². The number of hydrogen-bond donors (Lipinski definition) is 1. The lowest BCUT2D eigenvalue weighted by atomic mass is 9.97. The third kappa shape index (κ3) is 5.34. The second-order valence-corrected chi connectivity index (χ2v) is 7.21. The van der Waals surface area contributed by atoms with Crippen molar-refractivity contribution in [2.24, 2.45) is 5.92 Å². The van der Waals surface area contributed by atoms with Crippen LogP contribution in [-0.2, 0) is 9.53 Å². The molecule has 1 N–H and O–H groups in total. The largest absolute Gasteiger partial charge is 0.481 e. The van der Waals surface area contributed by atoms with E-state index in [9.17, 15) is 9.59 Å². The second kappa shape index (κ2) is 7.72. The first-order valence-electron chi connectivity index (χ1n) is 8.50. The van der Waals surface area contributed by atoms with Crippen LogP contribution in [0.5, 0.6) is 5.88 Å². The molecule has 0 bridgehead atoms. The number of pyridine rings is 1. The molecule has 0 saturated carbocycles. The first kappa shape index (κ1) is 19.0. The Labute approximate surface area is 148 Å². The fraction of sp³-hybridized carbons (Fsp3) is 0.611. The van der Waals surface area contributed by atoms with Crippen molar-refractivity contribution in [2.75, 3.05) is 25.5 Å². The van der Waals surface area contributed by atoms with E-state index in [1.807, 2.05) is 27.7 Å². The number of urea groups is 1. The van der Waals surface area contributed by atoms with Crippen molar-refractivity contribution in [1.82, 2.24) is 9.88 Å². The summed E-state index contributed by atoms with van der Waals surface area (Å²) in [7, 11) is 1.55. The molecule has 1 aromatic heterocycles. The molecule has 1 saturated heterocycles. The maximum absolute atomic E-state index is 12.4. The highest BCUT2D eigenvalue weighted by Gasteiger charge is 2.30. The number of amides is 2. The highest BCUT2D eigenvalue weighted by Crippen LogP contribution is 2.23. The Balaban J connectivity index is 1.88. The van der Waals surface area contributed by atoms with Crippen molar-refractivity contribution in [3.05, 3.63) is 17.8 Å². The number of esters is 1. The quantitative estimate of drug-likeness (QED) is 0.849. The standard InChI is InChI=1S/C18H27N3O4/c1-12-14(6-7-15(19-12)24-5)20-17(23)21-10-8-13(9-11-21)16(22)25-18(2,3)4/h6-7,13H,8-11H2,1-5H3,(H,20,23). The van der Waals surface area contributed by atoms with Crippen molar-refractivity contribution >= 4 is 17.7 Å². The maximum atomic E-state index is 12.4. The van der Waals surface area contributed by atoms with Crippen LogP contribution in [0.3, 0.4) is 0 Å². The van der Waals surface area contributed by atoms with Crippen LogP contribution in [0.25, 0.3) is 0 Å². The van der Waals surface area contributed by atoms with Crippen LogP contribution >= 0.6 is 0 Å². The zero-order chi connectivity index (χ0) is 18.6. The van der Waals surface area contributed by atoms with E-state index in [0.29, 0.717) is 43.2 Å². The summed E-state index contributed by atoms with van der Waals surface area (Å²) < 4.78 is 10.5. The molecule has 1 aliphatic heterocycles. The zero-order valence-electron chi connectivity index (χ0n) is 15.6. The summed E-state index contributed by atoms with van der Waals surface area (Å²) in [4.78, 5) is 30.5. The minimum atomic E-state index is -0.482. The second-order valence-electron chi connectivity index (χ2n) is 7.21. The van der Waals surface area contributed by atoms with Crippen LogP contribution < -0.4 is 10.1 Å². The van der Waals surface area contributed by atoms with Gasteiger partial charge >= 0.3 is 12.0 Å². The minimum absolute atomic E-state index is 0.146. The smallest absolute Gasteiger partial charge is 0.321 e. The van der Waals surface area contributed by atoms with Gasteiger partial charge in [0.2, 0.25) is 5.88 Å². The Morgan fingerprint density at radius 3 is 2.40 bits per heavy atom. The van der Waals surface area contributed by atoms with E-state index in [-0.39, 0.29) is 17.9 Å². The summed E-state index contributed by atoms with van der Waals surface area (Å²) in [5.41, 5.74) is 0.862.